The Bertz CT molecular complexity index is 1520. The van der Waals surface area contributed by atoms with Crippen molar-refractivity contribution >= 4 is 0 Å². The molecule has 6 heteroatoms. The molecule has 248 valence electrons. The third-order valence-electron chi connectivity index (χ3n) is 8.80. The lowest BCUT2D eigenvalue weighted by molar-refractivity contribution is -0.312. The van der Waals surface area contributed by atoms with Gasteiger partial charge in [-0.1, -0.05) is 152 Å². The van der Waals surface area contributed by atoms with E-state index in [0.29, 0.717) is 19.8 Å². The van der Waals surface area contributed by atoms with Gasteiger partial charge in [0.05, 0.1) is 33.0 Å². The first-order valence-corrected chi connectivity index (χ1v) is 16.6. The number of benzene rings is 5. The van der Waals surface area contributed by atoms with Gasteiger partial charge < -0.3 is 28.8 Å². The minimum Gasteiger partial charge on any atom is -0.385 e. The summed E-state index contributed by atoms with van der Waals surface area (Å²) in [7, 11) is 0. The molecule has 0 aromatic heterocycles. The second-order valence-electron chi connectivity index (χ2n) is 12.4. The summed E-state index contributed by atoms with van der Waals surface area (Å²) < 4.78 is 33.7. The summed E-state index contributed by atoms with van der Waals surface area (Å²) in [4.78, 5) is 0. The summed E-state index contributed by atoms with van der Waals surface area (Å²) in [6.07, 6.45) is -3.70. The van der Waals surface area contributed by atoms with Gasteiger partial charge in [0.25, 0.3) is 0 Å². The van der Waals surface area contributed by atoms with Crippen LogP contribution in [-0.2, 0) is 56.7 Å². The molecule has 1 fully saturated rings. The van der Waals surface area contributed by atoms with Gasteiger partial charge in [-0.15, -0.1) is 0 Å². The standard InChI is InChI=1S/C42H44O6/c1-42(43)40(47-30-35-23-13-5-14-24-35)38(45-28-33-19-9-3-10-20-33)37(44-27-32-17-7-2-8-18-32)39(46-29-34-21-11-4-12-22-34)41(42)48-31-36-25-15-6-16-26-36/h2-26,37-41,43H,27-31H2,1H3/t37?,38-,39+,40+,41-,42?. The molecule has 0 spiro atoms. The van der Waals surface area contributed by atoms with E-state index in [1.807, 2.05) is 152 Å². The lowest BCUT2D eigenvalue weighted by Crippen LogP contribution is -2.72. The Balaban J connectivity index is 1.38. The molecule has 6 atom stereocenters. The van der Waals surface area contributed by atoms with E-state index in [9.17, 15) is 5.11 Å². The summed E-state index contributed by atoms with van der Waals surface area (Å²) >= 11 is 0. The molecule has 1 aliphatic carbocycles. The third kappa shape index (κ3) is 8.85. The van der Waals surface area contributed by atoms with Crippen molar-refractivity contribution in [2.45, 2.75) is 76.1 Å². The Morgan fingerprint density at radius 3 is 0.875 bits per heavy atom. The summed E-state index contributed by atoms with van der Waals surface area (Å²) in [5, 5.41) is 12.6. The Hall–Kier alpha value is -4.14. The van der Waals surface area contributed by atoms with Crippen molar-refractivity contribution < 1.29 is 28.8 Å². The minimum atomic E-state index is -1.53. The van der Waals surface area contributed by atoms with Crippen LogP contribution < -0.4 is 0 Å². The third-order valence-corrected chi connectivity index (χ3v) is 8.80. The van der Waals surface area contributed by atoms with E-state index in [0.717, 1.165) is 27.8 Å². The normalized spacial score (nSPS) is 23.9. The van der Waals surface area contributed by atoms with Crippen LogP contribution in [0.4, 0.5) is 0 Å². The van der Waals surface area contributed by atoms with Crippen molar-refractivity contribution in [3.8, 4) is 0 Å². The van der Waals surface area contributed by atoms with Crippen molar-refractivity contribution in [2.24, 2.45) is 0 Å². The predicted octanol–water partition coefficient (Wildman–Crippen LogP) is 7.68. The average Bonchev–Trinajstić information content (AvgIpc) is 3.13. The first kappa shape index (κ1) is 33.7. The van der Waals surface area contributed by atoms with Gasteiger partial charge in [0.15, 0.2) is 0 Å². The Kier molecular flexibility index (Phi) is 11.8. The lowest BCUT2D eigenvalue weighted by atomic mass is 9.75. The van der Waals surface area contributed by atoms with Crippen LogP contribution in [0.15, 0.2) is 152 Å². The number of aliphatic hydroxyl groups is 1. The molecule has 0 saturated heterocycles. The van der Waals surface area contributed by atoms with Crippen LogP contribution >= 0.6 is 0 Å². The fraction of sp³-hybridized carbons (Fsp3) is 0.286. The van der Waals surface area contributed by atoms with Crippen LogP contribution in [0.1, 0.15) is 34.7 Å². The first-order chi connectivity index (χ1) is 23.6. The van der Waals surface area contributed by atoms with Crippen LogP contribution in [0.2, 0.25) is 0 Å². The van der Waals surface area contributed by atoms with E-state index in [2.05, 4.69) is 0 Å². The van der Waals surface area contributed by atoms with Crippen LogP contribution in [0, 0.1) is 0 Å². The van der Waals surface area contributed by atoms with Crippen molar-refractivity contribution in [2.75, 3.05) is 0 Å². The molecule has 1 saturated carbocycles. The molecule has 0 heterocycles. The summed E-state index contributed by atoms with van der Waals surface area (Å²) in [6, 6.07) is 49.9. The fourth-order valence-electron chi connectivity index (χ4n) is 6.26. The highest BCUT2D eigenvalue weighted by atomic mass is 16.6. The second kappa shape index (κ2) is 16.8. The maximum atomic E-state index is 12.6. The summed E-state index contributed by atoms with van der Waals surface area (Å²) in [5.74, 6) is 0. The topological polar surface area (TPSA) is 66.4 Å². The molecule has 6 rings (SSSR count). The van der Waals surface area contributed by atoms with Gasteiger partial charge in [-0.25, -0.2) is 0 Å². The Morgan fingerprint density at radius 1 is 0.375 bits per heavy atom. The van der Waals surface area contributed by atoms with Crippen molar-refractivity contribution in [1.82, 2.24) is 0 Å². The molecular formula is C42H44O6. The highest BCUT2D eigenvalue weighted by Crippen LogP contribution is 2.40. The van der Waals surface area contributed by atoms with Gasteiger partial charge in [-0.05, 0) is 34.7 Å². The van der Waals surface area contributed by atoms with Gasteiger partial charge in [0, 0.05) is 0 Å². The highest BCUT2D eigenvalue weighted by Gasteiger charge is 2.60. The van der Waals surface area contributed by atoms with Crippen LogP contribution in [0.25, 0.3) is 0 Å². The maximum Gasteiger partial charge on any atom is 0.119 e. The Morgan fingerprint density at radius 2 is 0.604 bits per heavy atom. The molecule has 0 aliphatic heterocycles. The van der Waals surface area contributed by atoms with Crippen molar-refractivity contribution in [3.05, 3.63) is 179 Å². The van der Waals surface area contributed by atoms with Crippen molar-refractivity contribution in [1.29, 1.82) is 0 Å². The average molecular weight is 645 g/mol. The Labute approximate surface area is 283 Å². The molecule has 1 N–H and O–H groups in total. The molecule has 6 nitrogen and oxygen atoms in total. The van der Waals surface area contributed by atoms with Crippen molar-refractivity contribution in [3.63, 3.8) is 0 Å². The maximum absolute atomic E-state index is 12.6. The quantitative estimate of drug-likeness (QED) is 0.126. The number of ether oxygens (including phenoxy) is 5. The minimum absolute atomic E-state index is 0.277. The van der Waals surface area contributed by atoms with E-state index in [1.165, 1.54) is 0 Å². The van der Waals surface area contributed by atoms with Crippen LogP contribution in [0.5, 0.6) is 0 Å². The van der Waals surface area contributed by atoms with E-state index in [4.69, 9.17) is 23.7 Å². The molecular weight excluding hydrogens is 600 g/mol. The number of hydrogen-bond donors (Lipinski definition) is 1. The molecule has 0 radical (unpaired) electrons. The summed E-state index contributed by atoms with van der Waals surface area (Å²) in [5.41, 5.74) is 3.47. The van der Waals surface area contributed by atoms with Crippen LogP contribution in [0.3, 0.4) is 0 Å². The molecule has 0 bridgehead atoms. The molecule has 48 heavy (non-hydrogen) atoms. The van der Waals surface area contributed by atoms with Gasteiger partial charge in [0.2, 0.25) is 0 Å². The van der Waals surface area contributed by atoms with Crippen LogP contribution in [-0.4, -0.2) is 41.2 Å². The monoisotopic (exact) mass is 644 g/mol. The zero-order valence-corrected chi connectivity index (χ0v) is 27.3. The molecule has 1 aliphatic rings. The molecule has 5 aromatic carbocycles. The van der Waals surface area contributed by atoms with E-state index < -0.39 is 36.1 Å². The number of hydrogen-bond acceptors (Lipinski definition) is 6. The zero-order valence-electron chi connectivity index (χ0n) is 27.3. The van der Waals surface area contributed by atoms with Gasteiger partial charge in [-0.3, -0.25) is 0 Å². The van der Waals surface area contributed by atoms with Gasteiger partial charge >= 0.3 is 0 Å². The predicted molar refractivity (Wildman–Crippen MR) is 186 cm³/mol. The largest absolute Gasteiger partial charge is 0.385 e. The highest BCUT2D eigenvalue weighted by molar-refractivity contribution is 5.19. The summed E-state index contributed by atoms with van der Waals surface area (Å²) in [6.45, 7) is 3.25. The fourth-order valence-corrected chi connectivity index (χ4v) is 6.26. The van der Waals surface area contributed by atoms with E-state index >= 15 is 0 Å². The van der Waals surface area contributed by atoms with Gasteiger partial charge in [0.1, 0.15) is 36.1 Å². The molecule has 2 unspecified atom stereocenters. The number of rotatable bonds is 15. The zero-order chi connectivity index (χ0) is 33.0. The molecule has 5 aromatic rings. The second-order valence-corrected chi connectivity index (χ2v) is 12.4. The van der Waals surface area contributed by atoms with E-state index in [1.54, 1.807) is 6.92 Å². The SMILES string of the molecule is CC1(O)[C@H](OCc2ccccc2)[C@@H](OCc2ccccc2)C(OCc2ccccc2)[C@@H](OCc2ccccc2)[C@@H]1OCc1ccccc1. The first-order valence-electron chi connectivity index (χ1n) is 16.6. The van der Waals surface area contributed by atoms with Gasteiger partial charge in [-0.2, -0.15) is 0 Å². The van der Waals surface area contributed by atoms with E-state index in [-0.39, 0.29) is 13.2 Å². The smallest absolute Gasteiger partial charge is 0.119 e. The lowest BCUT2D eigenvalue weighted by Gasteiger charge is -2.53. The molecule has 0 amide bonds.